The normalized spacial score (nSPS) is 13.7. The van der Waals surface area contributed by atoms with Crippen LogP contribution in [0.15, 0.2) is 60.7 Å². The van der Waals surface area contributed by atoms with Gasteiger partial charge >= 0.3 is 0 Å². The molecule has 3 aromatic rings. The molecule has 1 aliphatic heterocycles. The second-order valence-electron chi connectivity index (χ2n) is 10.4. The van der Waals surface area contributed by atoms with Crippen LogP contribution in [0.3, 0.4) is 0 Å². The number of carbonyl (C=O) groups excluding carboxylic acids is 2. The number of benzene rings is 3. The van der Waals surface area contributed by atoms with E-state index in [2.05, 4.69) is 10.2 Å². The van der Waals surface area contributed by atoms with Crippen LogP contribution in [0, 0.1) is 0 Å². The van der Waals surface area contributed by atoms with Gasteiger partial charge in [-0.1, -0.05) is 24.3 Å². The van der Waals surface area contributed by atoms with E-state index in [0.717, 1.165) is 37.1 Å². The molecule has 0 saturated carbocycles. The minimum atomic E-state index is -0.232. The number of anilines is 1. The Hall–Kier alpha value is -4.28. The summed E-state index contributed by atoms with van der Waals surface area (Å²) in [5.74, 6) is 2.10. The molecule has 1 aliphatic rings. The number of amides is 2. The maximum absolute atomic E-state index is 13.9. The Morgan fingerprint density at radius 2 is 1.58 bits per heavy atom. The molecule has 3 aromatic carbocycles. The van der Waals surface area contributed by atoms with Crippen LogP contribution in [0.2, 0.25) is 0 Å². The summed E-state index contributed by atoms with van der Waals surface area (Å²) in [7, 11) is 4.63. The maximum Gasteiger partial charge on any atom is 0.227 e. The van der Waals surface area contributed by atoms with Gasteiger partial charge in [0.15, 0.2) is 17.2 Å². The van der Waals surface area contributed by atoms with Crippen molar-refractivity contribution in [3.8, 4) is 28.7 Å². The van der Waals surface area contributed by atoms with Gasteiger partial charge in [0.25, 0.3) is 0 Å². The van der Waals surface area contributed by atoms with Gasteiger partial charge in [-0.05, 0) is 67.3 Å². The van der Waals surface area contributed by atoms with Crippen molar-refractivity contribution in [3.05, 3.63) is 71.8 Å². The quantitative estimate of drug-likeness (QED) is 0.274. The van der Waals surface area contributed by atoms with Gasteiger partial charge in [-0.2, -0.15) is 0 Å². The number of para-hydroxylation sites is 2. The zero-order valence-electron chi connectivity index (χ0n) is 25.4. The largest absolute Gasteiger partial charge is 0.493 e. The van der Waals surface area contributed by atoms with Gasteiger partial charge in [-0.15, -0.1) is 0 Å². The number of nitrogens with two attached hydrogens (primary N) is 1. The molecule has 0 bridgehead atoms. The number of likely N-dealkylation sites (tertiary alicyclic amines) is 1. The molecule has 3 N–H and O–H groups in total. The highest BCUT2D eigenvalue weighted by atomic mass is 16.5. The fraction of sp³-hybridized carbons (Fsp3) is 0.394. The maximum atomic E-state index is 13.9. The second kappa shape index (κ2) is 15.3. The first-order valence-electron chi connectivity index (χ1n) is 14.5. The van der Waals surface area contributed by atoms with Crippen molar-refractivity contribution < 1.29 is 28.5 Å². The molecule has 1 saturated heterocycles. The summed E-state index contributed by atoms with van der Waals surface area (Å²) in [6.45, 7) is 4.46. The Kier molecular flexibility index (Phi) is 11.2. The molecule has 4 rings (SSSR count). The van der Waals surface area contributed by atoms with Crippen LogP contribution in [-0.4, -0.2) is 57.3 Å². The van der Waals surface area contributed by atoms with E-state index in [9.17, 15) is 9.59 Å². The number of hydrogen-bond acceptors (Lipinski definition) is 8. The third kappa shape index (κ3) is 8.18. The first-order valence-corrected chi connectivity index (χ1v) is 14.5. The van der Waals surface area contributed by atoms with Gasteiger partial charge in [0.05, 0.1) is 39.7 Å². The standard InChI is InChI=1S/C33H42N4O6/c1-23(36-16-7-8-17-36)35-31(38)14-15-32(39)37(22-25-19-29(40-2)33(42-4)30(20-25)41-3)27-12-5-6-13-28(27)43-26-11-9-10-24(18-26)21-34/h5-6,9-13,18-20,23H,7-8,14-17,21-22,34H2,1-4H3,(H,35,38). The van der Waals surface area contributed by atoms with Crippen LogP contribution in [0.4, 0.5) is 5.69 Å². The zero-order chi connectivity index (χ0) is 30.8. The molecule has 10 heteroatoms. The Morgan fingerprint density at radius 3 is 2.23 bits per heavy atom. The average Bonchev–Trinajstić information content (AvgIpc) is 3.58. The predicted molar refractivity (Wildman–Crippen MR) is 166 cm³/mol. The Balaban J connectivity index is 1.62. The lowest BCUT2D eigenvalue weighted by Gasteiger charge is -2.27. The van der Waals surface area contributed by atoms with Gasteiger partial charge in [0.1, 0.15) is 5.75 Å². The van der Waals surface area contributed by atoms with E-state index in [-0.39, 0.29) is 37.4 Å². The van der Waals surface area contributed by atoms with E-state index < -0.39 is 0 Å². The Bertz CT molecular complexity index is 1370. The van der Waals surface area contributed by atoms with E-state index in [4.69, 9.17) is 24.7 Å². The zero-order valence-corrected chi connectivity index (χ0v) is 25.4. The van der Waals surface area contributed by atoms with Crippen molar-refractivity contribution in [1.29, 1.82) is 0 Å². The summed E-state index contributed by atoms with van der Waals surface area (Å²) in [5, 5.41) is 3.04. The van der Waals surface area contributed by atoms with Crippen LogP contribution in [0.1, 0.15) is 43.7 Å². The van der Waals surface area contributed by atoms with Crippen molar-refractivity contribution >= 4 is 17.5 Å². The number of carbonyl (C=O) groups is 2. The molecule has 0 aromatic heterocycles. The molecular weight excluding hydrogens is 548 g/mol. The van der Waals surface area contributed by atoms with E-state index >= 15 is 0 Å². The highest BCUT2D eigenvalue weighted by molar-refractivity contribution is 5.96. The lowest BCUT2D eigenvalue weighted by atomic mass is 10.1. The van der Waals surface area contributed by atoms with Crippen molar-refractivity contribution in [2.75, 3.05) is 39.3 Å². The molecule has 0 radical (unpaired) electrons. The van der Waals surface area contributed by atoms with Crippen LogP contribution in [0.5, 0.6) is 28.7 Å². The number of nitrogens with one attached hydrogen (secondary N) is 1. The van der Waals surface area contributed by atoms with Crippen LogP contribution in [0.25, 0.3) is 0 Å². The molecule has 1 unspecified atom stereocenters. The van der Waals surface area contributed by atoms with Crippen molar-refractivity contribution in [2.45, 2.75) is 51.9 Å². The summed E-state index contributed by atoms with van der Waals surface area (Å²) in [4.78, 5) is 30.6. The fourth-order valence-corrected chi connectivity index (χ4v) is 5.23. The molecule has 1 fully saturated rings. The summed E-state index contributed by atoms with van der Waals surface area (Å²) in [5.41, 5.74) is 8.07. The van der Waals surface area contributed by atoms with Gasteiger partial charge in [-0.3, -0.25) is 14.5 Å². The first-order chi connectivity index (χ1) is 20.9. The molecule has 0 spiro atoms. The Morgan fingerprint density at radius 1 is 0.884 bits per heavy atom. The summed E-state index contributed by atoms with van der Waals surface area (Å²) < 4.78 is 22.9. The van der Waals surface area contributed by atoms with Crippen LogP contribution >= 0.6 is 0 Å². The monoisotopic (exact) mass is 590 g/mol. The molecule has 43 heavy (non-hydrogen) atoms. The third-order valence-corrected chi connectivity index (χ3v) is 7.51. The SMILES string of the molecule is COc1cc(CN(C(=O)CCC(=O)NC(C)N2CCCC2)c2ccccc2Oc2cccc(CN)c2)cc(OC)c1OC. The van der Waals surface area contributed by atoms with E-state index in [1.807, 2.05) is 55.5 Å². The molecular formula is C33H42N4O6. The lowest BCUT2D eigenvalue weighted by Crippen LogP contribution is -2.45. The van der Waals surface area contributed by atoms with E-state index in [1.165, 1.54) is 0 Å². The number of hydrogen-bond donors (Lipinski definition) is 2. The lowest BCUT2D eigenvalue weighted by molar-refractivity contribution is -0.126. The average molecular weight is 591 g/mol. The van der Waals surface area contributed by atoms with Crippen LogP contribution in [-0.2, 0) is 22.7 Å². The minimum absolute atomic E-state index is 0.0139. The second-order valence-corrected chi connectivity index (χ2v) is 10.4. The van der Waals surface area contributed by atoms with Gasteiger partial charge in [0.2, 0.25) is 17.6 Å². The van der Waals surface area contributed by atoms with Gasteiger partial charge in [0, 0.05) is 32.5 Å². The predicted octanol–water partition coefficient (Wildman–Crippen LogP) is 4.83. The topological polar surface area (TPSA) is 116 Å². The summed E-state index contributed by atoms with van der Waals surface area (Å²) in [6.07, 6.45) is 2.27. The molecule has 0 aliphatic carbocycles. The highest BCUT2D eigenvalue weighted by Gasteiger charge is 2.24. The number of methoxy groups -OCH3 is 3. The molecule has 2 amide bonds. The third-order valence-electron chi connectivity index (χ3n) is 7.51. The van der Waals surface area contributed by atoms with Gasteiger partial charge < -0.3 is 34.9 Å². The molecule has 230 valence electrons. The van der Waals surface area contributed by atoms with Crippen LogP contribution < -0.4 is 34.9 Å². The minimum Gasteiger partial charge on any atom is -0.493 e. The smallest absolute Gasteiger partial charge is 0.227 e. The van der Waals surface area contributed by atoms with E-state index in [0.29, 0.717) is 41.0 Å². The van der Waals surface area contributed by atoms with Crippen molar-refractivity contribution in [2.24, 2.45) is 5.73 Å². The summed E-state index contributed by atoms with van der Waals surface area (Å²) in [6, 6.07) is 18.5. The van der Waals surface area contributed by atoms with Crippen molar-refractivity contribution in [3.63, 3.8) is 0 Å². The molecule has 1 atom stereocenters. The van der Waals surface area contributed by atoms with E-state index in [1.54, 1.807) is 38.4 Å². The summed E-state index contributed by atoms with van der Waals surface area (Å²) >= 11 is 0. The highest BCUT2D eigenvalue weighted by Crippen LogP contribution is 2.40. The van der Waals surface area contributed by atoms with Crippen molar-refractivity contribution in [1.82, 2.24) is 10.2 Å². The number of rotatable bonds is 14. The number of nitrogens with zero attached hydrogens (tertiary/aromatic N) is 2. The Labute approximate surface area is 253 Å². The molecule has 10 nitrogen and oxygen atoms in total. The number of ether oxygens (including phenoxy) is 4. The van der Waals surface area contributed by atoms with Gasteiger partial charge in [-0.25, -0.2) is 0 Å². The first kappa shape index (κ1) is 31.7. The fourth-order valence-electron chi connectivity index (χ4n) is 5.23. The molecule has 1 heterocycles.